The van der Waals surface area contributed by atoms with Crippen molar-refractivity contribution in [1.82, 2.24) is 4.98 Å². The Morgan fingerprint density at radius 1 is 1.33 bits per heavy atom. The second kappa shape index (κ2) is 9.38. The molecule has 0 atom stereocenters. The predicted molar refractivity (Wildman–Crippen MR) is 109 cm³/mol. The maximum atomic E-state index is 11.4. The second-order valence-electron chi connectivity index (χ2n) is 5.75. The molecule has 1 aromatic heterocycles. The van der Waals surface area contributed by atoms with Crippen LogP contribution >= 0.6 is 0 Å². The Morgan fingerprint density at radius 3 is 2.70 bits per heavy atom. The highest BCUT2D eigenvalue weighted by Crippen LogP contribution is 2.31. The molecule has 0 fully saturated rings. The lowest BCUT2D eigenvalue weighted by molar-refractivity contribution is -0.384. The predicted octanol–water partition coefficient (Wildman–Crippen LogP) is 4.45. The summed E-state index contributed by atoms with van der Waals surface area (Å²) in [6.45, 7) is 11.1. The van der Waals surface area contributed by atoms with Crippen molar-refractivity contribution >= 4 is 22.9 Å². The summed E-state index contributed by atoms with van der Waals surface area (Å²) in [5, 5.41) is 14.2. The molecule has 7 nitrogen and oxygen atoms in total. The molecule has 0 aliphatic carbocycles. The monoisotopic (exact) mass is 368 g/mol. The minimum atomic E-state index is -0.412. The molecule has 2 rings (SSSR count). The van der Waals surface area contributed by atoms with Gasteiger partial charge < -0.3 is 15.0 Å². The van der Waals surface area contributed by atoms with E-state index < -0.39 is 4.92 Å². The van der Waals surface area contributed by atoms with Crippen LogP contribution in [0.5, 0.6) is 0 Å². The fourth-order valence-electron chi connectivity index (χ4n) is 2.64. The standard InChI is InChI=1S/C20H24N4O3/c1-5-27-15(2)11-13-23(20-8-6-7-12-22-20)16(3)17-9-10-18(21-4)19(14-17)24(25)26/h6-10,12,14,21H,2-3,5,11,13H2,1,4H3. The summed E-state index contributed by atoms with van der Waals surface area (Å²) in [7, 11) is 1.65. The Kier molecular flexibility index (Phi) is 6.93. The molecule has 0 amide bonds. The zero-order valence-electron chi connectivity index (χ0n) is 15.6. The number of ether oxygens (including phenoxy) is 1. The van der Waals surface area contributed by atoms with E-state index in [0.29, 0.717) is 48.1 Å². The summed E-state index contributed by atoms with van der Waals surface area (Å²) in [4.78, 5) is 17.2. The van der Waals surface area contributed by atoms with E-state index >= 15 is 0 Å². The van der Waals surface area contributed by atoms with Gasteiger partial charge in [0, 0.05) is 43.5 Å². The molecular formula is C20H24N4O3. The van der Waals surface area contributed by atoms with Crippen LogP contribution in [-0.2, 0) is 4.74 Å². The molecular weight excluding hydrogens is 344 g/mol. The molecule has 0 aliphatic rings. The molecule has 1 aromatic carbocycles. The van der Waals surface area contributed by atoms with Crippen molar-refractivity contribution in [3.05, 3.63) is 77.2 Å². The molecule has 0 saturated carbocycles. The zero-order chi connectivity index (χ0) is 19.8. The fourth-order valence-corrected chi connectivity index (χ4v) is 2.64. The normalized spacial score (nSPS) is 10.1. The lowest BCUT2D eigenvalue weighted by atomic mass is 10.1. The molecule has 142 valence electrons. The first-order valence-electron chi connectivity index (χ1n) is 8.62. The van der Waals surface area contributed by atoms with Crippen LogP contribution in [0.15, 0.2) is 61.5 Å². The summed E-state index contributed by atoms with van der Waals surface area (Å²) in [6, 6.07) is 10.6. The number of hydrogen-bond acceptors (Lipinski definition) is 6. The molecule has 7 heteroatoms. The molecule has 0 saturated heterocycles. The summed E-state index contributed by atoms with van der Waals surface area (Å²) < 4.78 is 5.43. The first kappa shape index (κ1) is 20.0. The Morgan fingerprint density at radius 2 is 2.11 bits per heavy atom. The second-order valence-corrected chi connectivity index (χ2v) is 5.75. The Balaban J connectivity index is 2.34. The van der Waals surface area contributed by atoms with Crippen LogP contribution in [0.25, 0.3) is 5.70 Å². The molecule has 0 radical (unpaired) electrons. The largest absolute Gasteiger partial charge is 0.499 e. The summed E-state index contributed by atoms with van der Waals surface area (Å²) >= 11 is 0. The molecule has 1 N–H and O–H groups in total. The molecule has 27 heavy (non-hydrogen) atoms. The number of nitro groups is 1. The molecule has 1 heterocycles. The van der Waals surface area contributed by atoms with Gasteiger partial charge in [-0.1, -0.05) is 25.3 Å². The highest BCUT2D eigenvalue weighted by atomic mass is 16.6. The maximum Gasteiger partial charge on any atom is 0.292 e. The van der Waals surface area contributed by atoms with Crippen LogP contribution in [0.1, 0.15) is 18.9 Å². The van der Waals surface area contributed by atoms with E-state index in [-0.39, 0.29) is 5.69 Å². The highest BCUT2D eigenvalue weighted by molar-refractivity contribution is 5.79. The van der Waals surface area contributed by atoms with E-state index in [9.17, 15) is 10.1 Å². The first-order chi connectivity index (χ1) is 13.0. The minimum absolute atomic E-state index is 0.00385. The van der Waals surface area contributed by atoms with Crippen molar-refractivity contribution in [2.45, 2.75) is 13.3 Å². The van der Waals surface area contributed by atoms with Gasteiger partial charge in [-0.25, -0.2) is 4.98 Å². The van der Waals surface area contributed by atoms with Crippen LogP contribution in [0.4, 0.5) is 17.2 Å². The van der Waals surface area contributed by atoms with Crippen LogP contribution < -0.4 is 10.2 Å². The van der Waals surface area contributed by atoms with Crippen molar-refractivity contribution < 1.29 is 9.66 Å². The number of aromatic nitrogens is 1. The number of nitrogens with zero attached hydrogens (tertiary/aromatic N) is 3. The number of benzene rings is 1. The van der Waals surface area contributed by atoms with Crippen LogP contribution in [0, 0.1) is 10.1 Å². The van der Waals surface area contributed by atoms with E-state index in [0.717, 1.165) is 0 Å². The lowest BCUT2D eigenvalue weighted by Crippen LogP contribution is -2.24. The van der Waals surface area contributed by atoms with E-state index in [1.165, 1.54) is 6.07 Å². The molecule has 0 unspecified atom stereocenters. The number of rotatable bonds is 10. The van der Waals surface area contributed by atoms with Gasteiger partial charge in [0.1, 0.15) is 11.5 Å². The molecule has 0 bridgehead atoms. The van der Waals surface area contributed by atoms with Crippen LogP contribution in [-0.4, -0.2) is 30.1 Å². The van der Waals surface area contributed by atoms with E-state index in [2.05, 4.69) is 23.5 Å². The highest BCUT2D eigenvalue weighted by Gasteiger charge is 2.19. The van der Waals surface area contributed by atoms with E-state index in [4.69, 9.17) is 4.74 Å². The van der Waals surface area contributed by atoms with Crippen LogP contribution in [0.2, 0.25) is 0 Å². The summed E-state index contributed by atoms with van der Waals surface area (Å²) in [5.41, 5.74) is 1.71. The number of nitrogens with one attached hydrogen (secondary N) is 1. The molecule has 0 aliphatic heterocycles. The maximum absolute atomic E-state index is 11.4. The lowest BCUT2D eigenvalue weighted by Gasteiger charge is -2.26. The van der Waals surface area contributed by atoms with Crippen LogP contribution in [0.3, 0.4) is 0 Å². The summed E-state index contributed by atoms with van der Waals surface area (Å²) in [5.74, 6) is 1.37. The quantitative estimate of drug-likeness (QED) is 0.379. The molecule has 2 aromatic rings. The molecule has 0 spiro atoms. The average Bonchev–Trinajstić information content (AvgIpc) is 2.68. The van der Waals surface area contributed by atoms with Gasteiger partial charge in [-0.2, -0.15) is 0 Å². The first-order valence-corrected chi connectivity index (χ1v) is 8.62. The van der Waals surface area contributed by atoms with Gasteiger partial charge in [-0.15, -0.1) is 0 Å². The van der Waals surface area contributed by atoms with E-state index in [1.807, 2.05) is 30.0 Å². The van der Waals surface area contributed by atoms with Crippen molar-refractivity contribution in [3.8, 4) is 0 Å². The third-order valence-electron chi connectivity index (χ3n) is 4.01. The number of hydrogen-bond donors (Lipinski definition) is 1. The minimum Gasteiger partial charge on any atom is -0.499 e. The fraction of sp³-hybridized carbons (Fsp3) is 0.250. The van der Waals surface area contributed by atoms with E-state index in [1.54, 1.807) is 25.4 Å². The van der Waals surface area contributed by atoms with Crippen molar-refractivity contribution in [1.29, 1.82) is 0 Å². The topological polar surface area (TPSA) is 80.5 Å². The van der Waals surface area contributed by atoms with Crippen molar-refractivity contribution in [3.63, 3.8) is 0 Å². The number of nitro benzene ring substituents is 1. The van der Waals surface area contributed by atoms with Gasteiger partial charge in [0.05, 0.1) is 17.3 Å². The summed E-state index contributed by atoms with van der Waals surface area (Å²) in [6.07, 6.45) is 2.28. The number of pyridine rings is 1. The van der Waals surface area contributed by atoms with Gasteiger partial charge in [0.25, 0.3) is 5.69 Å². The Bertz CT molecular complexity index is 821. The van der Waals surface area contributed by atoms with Gasteiger partial charge in [-0.05, 0) is 25.1 Å². The Labute approximate surface area is 159 Å². The third-order valence-corrected chi connectivity index (χ3v) is 4.01. The zero-order valence-corrected chi connectivity index (χ0v) is 15.6. The van der Waals surface area contributed by atoms with Crippen molar-refractivity contribution in [2.24, 2.45) is 0 Å². The van der Waals surface area contributed by atoms with Crippen molar-refractivity contribution in [2.75, 3.05) is 30.4 Å². The third kappa shape index (κ3) is 5.07. The smallest absolute Gasteiger partial charge is 0.292 e. The van der Waals surface area contributed by atoms with Gasteiger partial charge >= 0.3 is 0 Å². The van der Waals surface area contributed by atoms with Gasteiger partial charge in [-0.3, -0.25) is 10.1 Å². The van der Waals surface area contributed by atoms with Gasteiger partial charge in [0.2, 0.25) is 0 Å². The number of anilines is 2. The van der Waals surface area contributed by atoms with Gasteiger partial charge in [0.15, 0.2) is 0 Å². The SMILES string of the molecule is C=C(CCN(C(=C)c1ccc(NC)c([N+](=O)[O-])c1)c1ccccn1)OCC. The average molecular weight is 368 g/mol. The Hall–Kier alpha value is -3.35.